The Balaban J connectivity index is 1.95. The van der Waals surface area contributed by atoms with Crippen molar-refractivity contribution in [2.75, 3.05) is 19.7 Å². The summed E-state index contributed by atoms with van der Waals surface area (Å²) in [5.41, 5.74) is 1.37. The fourth-order valence-corrected chi connectivity index (χ4v) is 3.08. The van der Waals surface area contributed by atoms with Crippen LogP contribution in [0.1, 0.15) is 45.6 Å². The average Bonchev–Trinajstić information content (AvgIpc) is 2.40. The number of nitrogens with one attached hydrogen (secondary N) is 1. The molecular formula is C17H26BrNO. The van der Waals surface area contributed by atoms with E-state index in [2.05, 4.69) is 60.2 Å². The molecule has 1 aromatic carbocycles. The lowest BCUT2D eigenvalue weighted by Crippen LogP contribution is -2.30. The van der Waals surface area contributed by atoms with Crippen molar-refractivity contribution in [3.05, 3.63) is 28.2 Å². The first-order chi connectivity index (χ1) is 9.47. The number of rotatable bonds is 4. The molecule has 0 aliphatic carbocycles. The van der Waals surface area contributed by atoms with Gasteiger partial charge in [-0.2, -0.15) is 0 Å². The van der Waals surface area contributed by atoms with Gasteiger partial charge in [-0.05, 0) is 61.9 Å². The topological polar surface area (TPSA) is 21.3 Å². The van der Waals surface area contributed by atoms with Crippen molar-refractivity contribution in [2.24, 2.45) is 5.92 Å². The summed E-state index contributed by atoms with van der Waals surface area (Å²) < 4.78 is 7.19. The Morgan fingerprint density at radius 2 is 2.15 bits per heavy atom. The van der Waals surface area contributed by atoms with Crippen molar-refractivity contribution in [3.63, 3.8) is 0 Å². The van der Waals surface area contributed by atoms with E-state index in [1.54, 1.807) is 0 Å². The van der Waals surface area contributed by atoms with Gasteiger partial charge in [-0.1, -0.05) is 36.7 Å². The summed E-state index contributed by atoms with van der Waals surface area (Å²) in [7, 11) is 0. The van der Waals surface area contributed by atoms with Gasteiger partial charge in [0.1, 0.15) is 5.75 Å². The summed E-state index contributed by atoms with van der Waals surface area (Å²) in [6, 6.07) is 6.33. The first-order valence-corrected chi connectivity index (χ1v) is 8.39. The van der Waals surface area contributed by atoms with E-state index in [4.69, 9.17) is 4.74 Å². The van der Waals surface area contributed by atoms with Crippen LogP contribution in [-0.4, -0.2) is 19.7 Å². The first kappa shape index (κ1) is 15.8. The van der Waals surface area contributed by atoms with Gasteiger partial charge in [0.15, 0.2) is 0 Å². The molecular weight excluding hydrogens is 314 g/mol. The molecule has 1 saturated heterocycles. The highest BCUT2D eigenvalue weighted by atomic mass is 79.9. The molecule has 1 fully saturated rings. The third-order valence-corrected chi connectivity index (χ3v) is 4.43. The average molecular weight is 340 g/mol. The lowest BCUT2D eigenvalue weighted by atomic mass is 9.86. The van der Waals surface area contributed by atoms with Gasteiger partial charge in [0.2, 0.25) is 0 Å². The zero-order valence-corrected chi connectivity index (χ0v) is 14.4. The van der Waals surface area contributed by atoms with Crippen molar-refractivity contribution in [3.8, 4) is 5.75 Å². The predicted molar refractivity (Wildman–Crippen MR) is 88.5 cm³/mol. The van der Waals surface area contributed by atoms with E-state index in [1.165, 1.54) is 24.9 Å². The van der Waals surface area contributed by atoms with Gasteiger partial charge in [-0.25, -0.2) is 0 Å². The van der Waals surface area contributed by atoms with E-state index in [0.29, 0.717) is 0 Å². The van der Waals surface area contributed by atoms with Crippen LogP contribution in [0.25, 0.3) is 0 Å². The summed E-state index contributed by atoms with van der Waals surface area (Å²) in [6.07, 6.45) is 3.78. The monoisotopic (exact) mass is 339 g/mol. The number of piperidine rings is 1. The molecule has 1 aromatic rings. The molecule has 2 rings (SSSR count). The summed E-state index contributed by atoms with van der Waals surface area (Å²) >= 11 is 3.56. The number of ether oxygens (including phenoxy) is 1. The fourth-order valence-electron chi connectivity index (χ4n) is 2.72. The number of hydrogen-bond acceptors (Lipinski definition) is 2. The predicted octanol–water partition coefficient (Wildman–Crippen LogP) is 4.52. The van der Waals surface area contributed by atoms with Gasteiger partial charge in [0, 0.05) is 10.0 Å². The lowest BCUT2D eigenvalue weighted by Gasteiger charge is -2.25. The van der Waals surface area contributed by atoms with Crippen molar-refractivity contribution in [1.82, 2.24) is 5.32 Å². The van der Waals surface area contributed by atoms with Crippen LogP contribution in [0.2, 0.25) is 0 Å². The van der Waals surface area contributed by atoms with E-state index < -0.39 is 0 Å². The largest absolute Gasteiger partial charge is 0.493 e. The molecule has 0 saturated carbocycles. The Morgan fingerprint density at radius 1 is 1.35 bits per heavy atom. The standard InChI is InChI=1S/C17H26BrNO/c1-17(2,3)15-11-14(18)6-7-16(15)20-10-8-13-5-4-9-19-12-13/h6-7,11,13,19H,4-5,8-10,12H2,1-3H3/t13-/m0/s1. The van der Waals surface area contributed by atoms with Gasteiger partial charge < -0.3 is 10.1 Å². The second-order valence-electron chi connectivity index (χ2n) is 6.74. The number of hydrogen-bond donors (Lipinski definition) is 1. The van der Waals surface area contributed by atoms with Gasteiger partial charge in [0.25, 0.3) is 0 Å². The molecule has 1 N–H and O–H groups in total. The molecule has 0 radical (unpaired) electrons. The zero-order chi connectivity index (χ0) is 14.6. The summed E-state index contributed by atoms with van der Waals surface area (Å²) in [5.74, 6) is 1.81. The Kier molecular flexibility index (Phi) is 5.50. The summed E-state index contributed by atoms with van der Waals surface area (Å²) in [5, 5.41) is 3.46. The normalized spacial score (nSPS) is 19.9. The second-order valence-corrected chi connectivity index (χ2v) is 7.66. The van der Waals surface area contributed by atoms with E-state index in [9.17, 15) is 0 Å². The van der Waals surface area contributed by atoms with E-state index in [-0.39, 0.29) is 5.41 Å². The summed E-state index contributed by atoms with van der Waals surface area (Å²) in [4.78, 5) is 0. The maximum absolute atomic E-state index is 6.07. The van der Waals surface area contributed by atoms with Crippen LogP contribution in [0.15, 0.2) is 22.7 Å². The van der Waals surface area contributed by atoms with Crippen molar-refractivity contribution < 1.29 is 4.74 Å². The minimum atomic E-state index is 0.103. The van der Waals surface area contributed by atoms with E-state index >= 15 is 0 Å². The Hall–Kier alpha value is -0.540. The number of halogens is 1. The SMILES string of the molecule is CC(C)(C)c1cc(Br)ccc1OCC[C@@H]1CCCNC1. The van der Waals surface area contributed by atoms with Crippen LogP contribution in [-0.2, 0) is 5.41 Å². The maximum Gasteiger partial charge on any atom is 0.123 e. The van der Waals surface area contributed by atoms with Crippen LogP contribution in [0.4, 0.5) is 0 Å². The number of benzene rings is 1. The molecule has 0 unspecified atom stereocenters. The molecule has 1 atom stereocenters. The molecule has 2 nitrogen and oxygen atoms in total. The fraction of sp³-hybridized carbons (Fsp3) is 0.647. The molecule has 0 aromatic heterocycles. The van der Waals surface area contributed by atoms with Gasteiger partial charge in [-0.15, -0.1) is 0 Å². The minimum Gasteiger partial charge on any atom is -0.493 e. The molecule has 0 amide bonds. The van der Waals surface area contributed by atoms with E-state index in [1.807, 2.05) is 0 Å². The molecule has 20 heavy (non-hydrogen) atoms. The Bertz CT molecular complexity index is 433. The van der Waals surface area contributed by atoms with Gasteiger partial charge >= 0.3 is 0 Å². The van der Waals surface area contributed by atoms with E-state index in [0.717, 1.165) is 35.7 Å². The quantitative estimate of drug-likeness (QED) is 0.870. The molecule has 0 bridgehead atoms. The van der Waals surface area contributed by atoms with Crippen LogP contribution in [0.5, 0.6) is 5.75 Å². The molecule has 112 valence electrons. The third kappa shape index (κ3) is 4.49. The highest BCUT2D eigenvalue weighted by Gasteiger charge is 2.20. The summed E-state index contributed by atoms with van der Waals surface area (Å²) in [6.45, 7) is 9.83. The van der Waals surface area contributed by atoms with Crippen molar-refractivity contribution >= 4 is 15.9 Å². The van der Waals surface area contributed by atoms with Gasteiger partial charge in [-0.3, -0.25) is 0 Å². The minimum absolute atomic E-state index is 0.103. The third-order valence-electron chi connectivity index (χ3n) is 3.93. The molecule has 1 aliphatic rings. The highest BCUT2D eigenvalue weighted by molar-refractivity contribution is 9.10. The van der Waals surface area contributed by atoms with Crippen molar-refractivity contribution in [1.29, 1.82) is 0 Å². The van der Waals surface area contributed by atoms with Crippen molar-refractivity contribution in [2.45, 2.75) is 45.4 Å². The molecule has 1 aliphatic heterocycles. The molecule has 3 heteroatoms. The van der Waals surface area contributed by atoms with Crippen LogP contribution in [0, 0.1) is 5.92 Å². The molecule has 0 spiro atoms. The first-order valence-electron chi connectivity index (χ1n) is 7.60. The second kappa shape index (κ2) is 6.95. The molecule has 1 heterocycles. The zero-order valence-electron chi connectivity index (χ0n) is 12.8. The lowest BCUT2D eigenvalue weighted by molar-refractivity contribution is 0.250. The van der Waals surface area contributed by atoms with Crippen LogP contribution >= 0.6 is 15.9 Å². The maximum atomic E-state index is 6.07. The Labute approximate surface area is 131 Å². The van der Waals surface area contributed by atoms with Gasteiger partial charge in [0.05, 0.1) is 6.61 Å². The Morgan fingerprint density at radius 3 is 2.80 bits per heavy atom. The van der Waals surface area contributed by atoms with Crippen LogP contribution < -0.4 is 10.1 Å². The van der Waals surface area contributed by atoms with Crippen LogP contribution in [0.3, 0.4) is 0 Å². The smallest absolute Gasteiger partial charge is 0.123 e. The highest BCUT2D eigenvalue weighted by Crippen LogP contribution is 2.33.